The summed E-state index contributed by atoms with van der Waals surface area (Å²) >= 11 is 0. The Bertz CT molecular complexity index is 538. The maximum atomic E-state index is 4.61. The van der Waals surface area contributed by atoms with E-state index in [4.69, 9.17) is 0 Å². The predicted octanol–water partition coefficient (Wildman–Crippen LogP) is 2.99. The van der Waals surface area contributed by atoms with Crippen molar-refractivity contribution in [1.29, 1.82) is 0 Å². The first-order valence-electron chi connectivity index (χ1n) is 7.04. The topological polar surface area (TPSA) is 40.7 Å². The summed E-state index contributed by atoms with van der Waals surface area (Å²) in [6.07, 6.45) is 4.36. The number of nitrogens with one attached hydrogen (secondary N) is 2. The van der Waals surface area contributed by atoms with Gasteiger partial charge in [-0.3, -0.25) is 0 Å². The van der Waals surface area contributed by atoms with Gasteiger partial charge in [-0.1, -0.05) is 44.2 Å². The first kappa shape index (κ1) is 12.4. The molecule has 0 bridgehead atoms. The van der Waals surface area contributed by atoms with Crippen molar-refractivity contribution in [1.82, 2.24) is 15.3 Å². The first-order valence-corrected chi connectivity index (χ1v) is 7.04. The minimum atomic E-state index is 0.150. The minimum Gasteiger partial charge on any atom is -0.344 e. The highest BCUT2D eigenvalue weighted by Gasteiger charge is 2.48. The third-order valence-electron chi connectivity index (χ3n) is 3.86. The van der Waals surface area contributed by atoms with Crippen LogP contribution >= 0.6 is 0 Å². The Hall–Kier alpha value is -1.61. The molecular formula is C16H21N3. The molecular weight excluding hydrogens is 234 g/mol. The first-order chi connectivity index (χ1) is 9.21. The summed E-state index contributed by atoms with van der Waals surface area (Å²) in [5.41, 5.74) is 2.70. The molecule has 2 N–H and O–H groups in total. The molecule has 1 fully saturated rings. The van der Waals surface area contributed by atoms with E-state index >= 15 is 0 Å². The van der Waals surface area contributed by atoms with Crippen LogP contribution in [0.4, 0.5) is 0 Å². The number of nitrogens with zero attached hydrogens (tertiary/aromatic N) is 1. The van der Waals surface area contributed by atoms with Gasteiger partial charge in [0.15, 0.2) is 0 Å². The van der Waals surface area contributed by atoms with E-state index in [1.807, 2.05) is 6.20 Å². The Balaban J connectivity index is 1.79. The molecule has 0 aliphatic heterocycles. The Kier molecular flexibility index (Phi) is 3.15. The molecule has 3 rings (SSSR count). The van der Waals surface area contributed by atoms with E-state index in [9.17, 15) is 0 Å². The number of benzene rings is 1. The van der Waals surface area contributed by atoms with Crippen LogP contribution in [0.1, 0.15) is 43.8 Å². The van der Waals surface area contributed by atoms with Gasteiger partial charge in [-0.25, -0.2) is 4.98 Å². The van der Waals surface area contributed by atoms with Gasteiger partial charge in [-0.15, -0.1) is 0 Å². The van der Waals surface area contributed by atoms with Crippen LogP contribution in [0.5, 0.6) is 0 Å². The molecule has 100 valence electrons. The van der Waals surface area contributed by atoms with Crippen LogP contribution in [0.15, 0.2) is 36.5 Å². The van der Waals surface area contributed by atoms with Crippen molar-refractivity contribution in [2.24, 2.45) is 0 Å². The van der Waals surface area contributed by atoms with Crippen molar-refractivity contribution < 1.29 is 0 Å². The Morgan fingerprint density at radius 2 is 2.00 bits per heavy atom. The second-order valence-corrected chi connectivity index (χ2v) is 5.74. The van der Waals surface area contributed by atoms with Gasteiger partial charge < -0.3 is 10.3 Å². The van der Waals surface area contributed by atoms with E-state index < -0.39 is 0 Å². The standard InChI is InChI=1S/C16H21N3/c1-12(2)17-10-14-11-18-15(19-14)16(8-9-16)13-6-4-3-5-7-13/h3-7,11-12,17H,8-10H2,1-2H3,(H,18,19). The summed E-state index contributed by atoms with van der Waals surface area (Å²) in [5.74, 6) is 1.12. The van der Waals surface area contributed by atoms with Gasteiger partial charge in [0.25, 0.3) is 0 Å². The molecule has 0 spiro atoms. The van der Waals surface area contributed by atoms with E-state index in [2.05, 4.69) is 59.5 Å². The number of hydrogen-bond donors (Lipinski definition) is 2. The second kappa shape index (κ2) is 4.82. The molecule has 3 nitrogen and oxygen atoms in total. The van der Waals surface area contributed by atoms with E-state index in [1.165, 1.54) is 24.1 Å². The average Bonchev–Trinajstić information content (AvgIpc) is 3.10. The summed E-state index contributed by atoms with van der Waals surface area (Å²) in [5, 5.41) is 3.42. The third-order valence-corrected chi connectivity index (χ3v) is 3.86. The fraction of sp³-hybridized carbons (Fsp3) is 0.438. The number of rotatable bonds is 5. The Morgan fingerprint density at radius 1 is 1.26 bits per heavy atom. The lowest BCUT2D eigenvalue weighted by molar-refractivity contribution is 0.581. The predicted molar refractivity (Wildman–Crippen MR) is 77.0 cm³/mol. The lowest BCUT2D eigenvalue weighted by Crippen LogP contribution is -2.22. The van der Waals surface area contributed by atoms with Crippen LogP contribution < -0.4 is 5.32 Å². The van der Waals surface area contributed by atoms with Crippen molar-refractivity contribution in [3.8, 4) is 0 Å². The van der Waals surface area contributed by atoms with Gasteiger partial charge in [0.2, 0.25) is 0 Å². The van der Waals surface area contributed by atoms with E-state index in [-0.39, 0.29) is 5.41 Å². The molecule has 19 heavy (non-hydrogen) atoms. The maximum absolute atomic E-state index is 4.61. The highest BCUT2D eigenvalue weighted by atomic mass is 15.0. The zero-order valence-corrected chi connectivity index (χ0v) is 11.6. The second-order valence-electron chi connectivity index (χ2n) is 5.74. The number of H-pyrrole nitrogens is 1. The molecule has 0 unspecified atom stereocenters. The van der Waals surface area contributed by atoms with Crippen molar-refractivity contribution in [2.75, 3.05) is 0 Å². The molecule has 1 heterocycles. The van der Waals surface area contributed by atoms with Crippen LogP contribution in [0.3, 0.4) is 0 Å². The van der Waals surface area contributed by atoms with Gasteiger partial charge in [-0.05, 0) is 18.4 Å². The lowest BCUT2D eigenvalue weighted by Gasteiger charge is -2.12. The molecule has 3 heteroatoms. The van der Waals surface area contributed by atoms with Crippen LogP contribution in [0, 0.1) is 0 Å². The van der Waals surface area contributed by atoms with Crippen molar-refractivity contribution in [2.45, 2.75) is 44.7 Å². The highest BCUT2D eigenvalue weighted by Crippen LogP contribution is 2.52. The van der Waals surface area contributed by atoms with Crippen molar-refractivity contribution in [3.63, 3.8) is 0 Å². The monoisotopic (exact) mass is 255 g/mol. The molecule has 0 atom stereocenters. The van der Waals surface area contributed by atoms with E-state index in [0.29, 0.717) is 6.04 Å². The fourth-order valence-electron chi connectivity index (χ4n) is 2.55. The number of aromatic amines is 1. The van der Waals surface area contributed by atoms with Gasteiger partial charge in [0.1, 0.15) is 5.82 Å². The average molecular weight is 255 g/mol. The minimum absolute atomic E-state index is 0.150. The summed E-state index contributed by atoms with van der Waals surface area (Å²) in [7, 11) is 0. The highest BCUT2D eigenvalue weighted by molar-refractivity contribution is 5.39. The van der Waals surface area contributed by atoms with E-state index in [0.717, 1.165) is 12.4 Å². The number of hydrogen-bond acceptors (Lipinski definition) is 2. The maximum Gasteiger partial charge on any atom is 0.116 e. The van der Waals surface area contributed by atoms with Crippen molar-refractivity contribution in [3.05, 3.63) is 53.6 Å². The Morgan fingerprint density at radius 3 is 2.63 bits per heavy atom. The van der Waals surface area contributed by atoms with Gasteiger partial charge in [0.05, 0.1) is 5.41 Å². The van der Waals surface area contributed by atoms with Gasteiger partial charge in [0, 0.05) is 24.5 Å². The number of imidazole rings is 1. The summed E-state index contributed by atoms with van der Waals surface area (Å²) in [4.78, 5) is 8.11. The summed E-state index contributed by atoms with van der Waals surface area (Å²) < 4.78 is 0. The quantitative estimate of drug-likeness (QED) is 0.862. The van der Waals surface area contributed by atoms with Crippen molar-refractivity contribution >= 4 is 0 Å². The molecule has 0 saturated heterocycles. The largest absolute Gasteiger partial charge is 0.344 e. The summed E-state index contributed by atoms with van der Waals surface area (Å²) in [6, 6.07) is 11.2. The Labute approximate surface area is 114 Å². The fourth-order valence-corrected chi connectivity index (χ4v) is 2.55. The van der Waals surface area contributed by atoms with Crippen LogP contribution in [0.2, 0.25) is 0 Å². The molecule has 1 aromatic carbocycles. The molecule has 0 amide bonds. The smallest absolute Gasteiger partial charge is 0.116 e. The molecule has 2 aromatic rings. The zero-order chi connectivity index (χ0) is 13.3. The summed E-state index contributed by atoms with van der Waals surface area (Å²) in [6.45, 7) is 5.17. The lowest BCUT2D eigenvalue weighted by atomic mass is 9.95. The van der Waals surface area contributed by atoms with Crippen LogP contribution in [0.25, 0.3) is 0 Å². The normalized spacial score (nSPS) is 16.8. The molecule has 1 saturated carbocycles. The SMILES string of the molecule is CC(C)NCc1cnc(C2(c3ccccc3)CC2)[nH]1. The van der Waals surface area contributed by atoms with Gasteiger partial charge in [-0.2, -0.15) is 0 Å². The molecule has 1 aromatic heterocycles. The van der Waals surface area contributed by atoms with Crippen LogP contribution in [-0.4, -0.2) is 16.0 Å². The third kappa shape index (κ3) is 2.43. The molecule has 1 aliphatic rings. The van der Waals surface area contributed by atoms with Crippen LogP contribution in [-0.2, 0) is 12.0 Å². The number of aromatic nitrogens is 2. The van der Waals surface area contributed by atoms with E-state index in [1.54, 1.807) is 0 Å². The molecule has 1 aliphatic carbocycles. The molecule has 0 radical (unpaired) electrons. The zero-order valence-electron chi connectivity index (χ0n) is 11.6. The van der Waals surface area contributed by atoms with Gasteiger partial charge >= 0.3 is 0 Å².